The van der Waals surface area contributed by atoms with Crippen LogP contribution in [0.1, 0.15) is 48.8 Å². The van der Waals surface area contributed by atoms with Crippen LogP contribution in [-0.4, -0.2) is 42.7 Å². The number of benzene rings is 1. The molecule has 122 valence electrons. The smallest absolute Gasteiger partial charge is 0.111 e. The van der Waals surface area contributed by atoms with E-state index >= 15 is 0 Å². The van der Waals surface area contributed by atoms with Gasteiger partial charge in [0.05, 0.1) is 19.3 Å². The van der Waals surface area contributed by atoms with E-state index in [0.29, 0.717) is 19.1 Å². The van der Waals surface area contributed by atoms with Crippen molar-refractivity contribution < 1.29 is 19.7 Å². The van der Waals surface area contributed by atoms with Crippen molar-refractivity contribution in [3.63, 3.8) is 0 Å². The highest BCUT2D eigenvalue weighted by molar-refractivity contribution is 5.28. The lowest BCUT2D eigenvalue weighted by Gasteiger charge is -2.37. The van der Waals surface area contributed by atoms with Gasteiger partial charge in [-0.2, -0.15) is 0 Å². The van der Waals surface area contributed by atoms with Crippen molar-refractivity contribution in [1.29, 1.82) is 0 Å². The van der Waals surface area contributed by atoms with E-state index in [2.05, 4.69) is 12.1 Å². The Kier molecular flexibility index (Phi) is 5.14. The fourth-order valence-corrected chi connectivity index (χ4v) is 3.75. The topological polar surface area (TPSA) is 58.9 Å². The number of aliphatic hydroxyl groups excluding tert-OH is 2. The molecule has 1 aliphatic heterocycles. The molecule has 4 nitrogen and oxygen atoms in total. The molecule has 0 spiro atoms. The molecule has 4 atom stereocenters. The third kappa shape index (κ3) is 3.20. The average molecular weight is 306 g/mol. The Balaban J connectivity index is 1.68. The number of hydrogen-bond donors (Lipinski definition) is 2. The van der Waals surface area contributed by atoms with Crippen LogP contribution in [0.2, 0.25) is 0 Å². The van der Waals surface area contributed by atoms with E-state index in [1.54, 1.807) is 7.11 Å². The number of ether oxygens (including phenoxy) is 2. The zero-order chi connectivity index (χ0) is 15.5. The van der Waals surface area contributed by atoms with Gasteiger partial charge in [0.2, 0.25) is 0 Å². The summed E-state index contributed by atoms with van der Waals surface area (Å²) in [6.07, 6.45) is 3.02. The van der Waals surface area contributed by atoms with Gasteiger partial charge >= 0.3 is 0 Å². The van der Waals surface area contributed by atoms with Gasteiger partial charge in [-0.3, -0.25) is 0 Å². The zero-order valence-corrected chi connectivity index (χ0v) is 13.1. The standard InChI is InChI=1S/C18H26O4/c1-21-10-15-11-22-18(17(20)16(15)19)14-8-6-13(7-9-14)12-4-2-3-5-12/h6-9,12,15-20H,2-5,10-11H2,1H3/t15-,16+,17+,18+/m0/s1. The minimum absolute atomic E-state index is 0.172. The second-order valence-corrected chi connectivity index (χ2v) is 6.60. The molecule has 0 radical (unpaired) electrons. The second kappa shape index (κ2) is 7.09. The minimum Gasteiger partial charge on any atom is -0.390 e. The van der Waals surface area contributed by atoms with E-state index in [9.17, 15) is 10.2 Å². The summed E-state index contributed by atoms with van der Waals surface area (Å²) in [5.41, 5.74) is 2.31. The normalized spacial score (nSPS) is 33.2. The maximum atomic E-state index is 10.3. The molecule has 2 aliphatic rings. The predicted molar refractivity (Wildman–Crippen MR) is 83.7 cm³/mol. The SMILES string of the molecule is COC[C@H]1CO[C@H](c2ccc(C3CCCC3)cc2)[C@H](O)[C@@H]1O. The van der Waals surface area contributed by atoms with Gasteiger partial charge in [0.25, 0.3) is 0 Å². The van der Waals surface area contributed by atoms with Gasteiger partial charge in [0.1, 0.15) is 12.2 Å². The molecule has 1 aromatic carbocycles. The first-order valence-corrected chi connectivity index (χ1v) is 8.27. The number of aliphatic hydroxyl groups is 2. The minimum atomic E-state index is -0.911. The van der Waals surface area contributed by atoms with Gasteiger partial charge in [-0.15, -0.1) is 0 Å². The van der Waals surface area contributed by atoms with Crippen molar-refractivity contribution in [1.82, 2.24) is 0 Å². The molecule has 0 unspecified atom stereocenters. The fourth-order valence-electron chi connectivity index (χ4n) is 3.75. The maximum absolute atomic E-state index is 10.3. The third-order valence-corrected chi connectivity index (χ3v) is 5.11. The monoisotopic (exact) mass is 306 g/mol. The van der Waals surface area contributed by atoms with Gasteiger partial charge in [-0.05, 0) is 29.9 Å². The summed E-state index contributed by atoms with van der Waals surface area (Å²) < 4.78 is 10.8. The molecule has 22 heavy (non-hydrogen) atoms. The van der Waals surface area contributed by atoms with Gasteiger partial charge in [-0.1, -0.05) is 37.1 Å². The molecule has 0 aromatic heterocycles. The Hall–Kier alpha value is -0.940. The lowest BCUT2D eigenvalue weighted by molar-refractivity contribution is -0.175. The molecule has 0 bridgehead atoms. The molecule has 0 amide bonds. The fraction of sp³-hybridized carbons (Fsp3) is 0.667. The van der Waals surface area contributed by atoms with Crippen LogP contribution in [0.3, 0.4) is 0 Å². The first kappa shape index (κ1) is 15.9. The number of rotatable bonds is 4. The lowest BCUT2D eigenvalue weighted by atomic mass is 9.88. The van der Waals surface area contributed by atoms with Gasteiger partial charge in [-0.25, -0.2) is 0 Å². The molecule has 4 heteroatoms. The molecule has 1 heterocycles. The van der Waals surface area contributed by atoms with Crippen LogP contribution in [0.25, 0.3) is 0 Å². The summed E-state index contributed by atoms with van der Waals surface area (Å²) in [5, 5.41) is 20.6. The van der Waals surface area contributed by atoms with Crippen LogP contribution in [0.15, 0.2) is 24.3 Å². The predicted octanol–water partition coefficient (Wildman–Crippen LogP) is 2.40. The molecule has 2 N–H and O–H groups in total. The van der Waals surface area contributed by atoms with Crippen LogP contribution >= 0.6 is 0 Å². The summed E-state index contributed by atoms with van der Waals surface area (Å²) in [6, 6.07) is 8.36. The van der Waals surface area contributed by atoms with Crippen molar-refractivity contribution in [3.05, 3.63) is 35.4 Å². The summed E-state index contributed by atoms with van der Waals surface area (Å²) >= 11 is 0. The van der Waals surface area contributed by atoms with Crippen LogP contribution < -0.4 is 0 Å². The molecule has 1 aliphatic carbocycles. The van der Waals surface area contributed by atoms with E-state index in [1.165, 1.54) is 31.2 Å². The van der Waals surface area contributed by atoms with Gasteiger partial charge in [0, 0.05) is 13.0 Å². The van der Waals surface area contributed by atoms with Gasteiger partial charge < -0.3 is 19.7 Å². The number of methoxy groups -OCH3 is 1. The van der Waals surface area contributed by atoms with Crippen LogP contribution in [-0.2, 0) is 9.47 Å². The summed E-state index contributed by atoms with van der Waals surface area (Å²) in [4.78, 5) is 0. The van der Waals surface area contributed by atoms with Crippen LogP contribution in [0.4, 0.5) is 0 Å². The third-order valence-electron chi connectivity index (χ3n) is 5.11. The van der Waals surface area contributed by atoms with Crippen molar-refractivity contribution in [2.45, 2.75) is 49.9 Å². The second-order valence-electron chi connectivity index (χ2n) is 6.60. The Morgan fingerprint density at radius 1 is 1.05 bits per heavy atom. The first-order valence-electron chi connectivity index (χ1n) is 8.27. The summed E-state index contributed by atoms with van der Waals surface area (Å²) in [7, 11) is 1.59. The van der Waals surface area contributed by atoms with E-state index in [0.717, 1.165) is 5.56 Å². The van der Waals surface area contributed by atoms with Crippen LogP contribution in [0, 0.1) is 5.92 Å². The zero-order valence-electron chi connectivity index (χ0n) is 13.1. The highest BCUT2D eigenvalue weighted by Crippen LogP contribution is 2.36. The Bertz CT molecular complexity index is 466. The van der Waals surface area contributed by atoms with E-state index < -0.39 is 18.3 Å². The maximum Gasteiger partial charge on any atom is 0.111 e. The van der Waals surface area contributed by atoms with Gasteiger partial charge in [0.15, 0.2) is 0 Å². The molecular weight excluding hydrogens is 280 g/mol. The largest absolute Gasteiger partial charge is 0.390 e. The molecule has 3 rings (SSSR count). The van der Waals surface area contributed by atoms with E-state index in [1.807, 2.05) is 12.1 Å². The van der Waals surface area contributed by atoms with E-state index in [4.69, 9.17) is 9.47 Å². The Morgan fingerprint density at radius 3 is 2.32 bits per heavy atom. The van der Waals surface area contributed by atoms with Crippen molar-refractivity contribution >= 4 is 0 Å². The molecule has 2 fully saturated rings. The molecule has 1 aromatic rings. The quantitative estimate of drug-likeness (QED) is 0.897. The number of hydrogen-bond acceptors (Lipinski definition) is 4. The Labute approximate surface area is 132 Å². The van der Waals surface area contributed by atoms with Crippen LogP contribution in [0.5, 0.6) is 0 Å². The molecule has 1 saturated carbocycles. The van der Waals surface area contributed by atoms with Crippen molar-refractivity contribution in [2.24, 2.45) is 5.92 Å². The highest BCUT2D eigenvalue weighted by Gasteiger charge is 2.39. The summed E-state index contributed by atoms with van der Waals surface area (Å²) in [6.45, 7) is 0.798. The highest BCUT2D eigenvalue weighted by atomic mass is 16.5. The average Bonchev–Trinajstić information content (AvgIpc) is 3.07. The Morgan fingerprint density at radius 2 is 1.68 bits per heavy atom. The van der Waals surface area contributed by atoms with E-state index in [-0.39, 0.29) is 5.92 Å². The van der Waals surface area contributed by atoms with Crippen molar-refractivity contribution in [3.8, 4) is 0 Å². The molecule has 1 saturated heterocycles. The lowest BCUT2D eigenvalue weighted by Crippen LogP contribution is -2.47. The molecular formula is C18H26O4. The summed E-state index contributed by atoms with van der Waals surface area (Å²) in [5.74, 6) is 0.511. The first-order chi connectivity index (χ1) is 10.7. The van der Waals surface area contributed by atoms with Crippen molar-refractivity contribution in [2.75, 3.05) is 20.3 Å².